The van der Waals surface area contributed by atoms with Crippen molar-refractivity contribution in [2.45, 2.75) is 43.9 Å². The number of nitrogens with one attached hydrogen (secondary N) is 4. The van der Waals surface area contributed by atoms with E-state index in [9.17, 15) is 19.2 Å². The van der Waals surface area contributed by atoms with Gasteiger partial charge in [0.25, 0.3) is 11.8 Å². The zero-order chi connectivity index (χ0) is 18.7. The van der Waals surface area contributed by atoms with Crippen molar-refractivity contribution in [2.24, 2.45) is 5.92 Å². The van der Waals surface area contributed by atoms with E-state index in [1.54, 1.807) is 0 Å². The molecule has 0 radical (unpaired) electrons. The molecule has 3 rings (SSSR count). The summed E-state index contributed by atoms with van der Waals surface area (Å²) in [5.41, 5.74) is 7.68. The minimum absolute atomic E-state index is 0.194. The number of amides is 3. The average Bonchev–Trinajstić information content (AvgIpc) is 2.88. The number of hydrazine groups is 2. The predicted molar refractivity (Wildman–Crippen MR) is 86.0 cm³/mol. The Balaban J connectivity index is 1.51. The topological polar surface area (TPSA) is 149 Å². The zero-order valence-electron chi connectivity index (χ0n) is 14.2. The van der Waals surface area contributed by atoms with E-state index < -0.39 is 36.5 Å². The molecule has 5 N–H and O–H groups in total. The molecule has 3 heterocycles. The van der Waals surface area contributed by atoms with Crippen LogP contribution in [0.25, 0.3) is 0 Å². The number of carbonyl (C=O) groups excluding carboxylic acids is 3. The fourth-order valence-corrected chi connectivity index (χ4v) is 3.53. The maximum Gasteiger partial charge on any atom is 0.329 e. The third-order valence-corrected chi connectivity index (χ3v) is 4.88. The first-order valence-electron chi connectivity index (χ1n) is 8.70. The molecule has 2 bridgehead atoms. The molecule has 0 aromatic carbocycles. The van der Waals surface area contributed by atoms with Crippen molar-refractivity contribution in [1.29, 1.82) is 0 Å². The van der Waals surface area contributed by atoms with Gasteiger partial charge in [0.2, 0.25) is 5.91 Å². The van der Waals surface area contributed by atoms with Gasteiger partial charge in [-0.3, -0.25) is 30.2 Å². The molecule has 2 unspecified atom stereocenters. The van der Waals surface area contributed by atoms with E-state index in [0.29, 0.717) is 19.4 Å². The van der Waals surface area contributed by atoms with Crippen molar-refractivity contribution in [3.8, 4) is 0 Å². The molecule has 11 nitrogen and oxygen atoms in total. The summed E-state index contributed by atoms with van der Waals surface area (Å²) in [4.78, 5) is 47.5. The highest BCUT2D eigenvalue weighted by Gasteiger charge is 2.49. The van der Waals surface area contributed by atoms with E-state index in [2.05, 4.69) is 21.6 Å². The summed E-state index contributed by atoms with van der Waals surface area (Å²) in [5.74, 6) is -2.59. The minimum atomic E-state index is -1.16. The fraction of sp³-hybridized carbons (Fsp3) is 0.733. The van der Waals surface area contributed by atoms with Crippen LogP contribution in [0.3, 0.4) is 0 Å². The number of nitrogens with zero attached hydrogens (tertiary/aromatic N) is 1. The van der Waals surface area contributed by atoms with Gasteiger partial charge in [-0.15, -0.1) is 0 Å². The van der Waals surface area contributed by atoms with Crippen LogP contribution < -0.4 is 21.6 Å². The molecule has 3 saturated heterocycles. The lowest BCUT2D eigenvalue weighted by molar-refractivity contribution is -0.150. The van der Waals surface area contributed by atoms with E-state index in [0.717, 1.165) is 19.4 Å². The van der Waals surface area contributed by atoms with Gasteiger partial charge in [0, 0.05) is 6.54 Å². The van der Waals surface area contributed by atoms with Gasteiger partial charge in [-0.2, -0.15) is 0 Å². The number of carbonyl (C=O) groups is 4. The van der Waals surface area contributed by atoms with Crippen LogP contribution in [0, 0.1) is 5.92 Å². The Morgan fingerprint density at radius 2 is 1.96 bits per heavy atom. The second kappa shape index (κ2) is 7.98. The second-order valence-corrected chi connectivity index (χ2v) is 6.68. The number of hydrogen-bond donors (Lipinski definition) is 5. The Labute approximate surface area is 149 Å². The Kier molecular flexibility index (Phi) is 5.69. The number of rotatable bonds is 5. The van der Waals surface area contributed by atoms with Crippen LogP contribution >= 0.6 is 0 Å². The van der Waals surface area contributed by atoms with E-state index in [1.807, 2.05) is 0 Å². The number of carboxylic acid groups (broad SMARTS) is 1. The number of fused-ring (bicyclic) bond motifs is 2. The van der Waals surface area contributed by atoms with Crippen molar-refractivity contribution < 1.29 is 29.0 Å². The average molecular weight is 369 g/mol. The largest absolute Gasteiger partial charge is 0.480 e. The molecule has 4 atom stereocenters. The maximum atomic E-state index is 12.4. The highest BCUT2D eigenvalue weighted by atomic mass is 16.5. The number of piperidine rings is 1. The van der Waals surface area contributed by atoms with Crippen molar-refractivity contribution in [3.05, 3.63) is 0 Å². The van der Waals surface area contributed by atoms with Gasteiger partial charge < -0.3 is 15.2 Å². The zero-order valence-corrected chi connectivity index (χ0v) is 14.2. The molecule has 0 saturated carbocycles. The Morgan fingerprint density at radius 1 is 1.19 bits per heavy atom. The summed E-state index contributed by atoms with van der Waals surface area (Å²) in [6.07, 6.45) is 1.61. The monoisotopic (exact) mass is 369 g/mol. The van der Waals surface area contributed by atoms with Gasteiger partial charge in [0.05, 0.1) is 12.0 Å². The molecule has 26 heavy (non-hydrogen) atoms. The van der Waals surface area contributed by atoms with Crippen molar-refractivity contribution >= 4 is 23.7 Å². The van der Waals surface area contributed by atoms with Gasteiger partial charge >= 0.3 is 5.97 Å². The predicted octanol–water partition coefficient (Wildman–Crippen LogP) is -2.52. The summed E-state index contributed by atoms with van der Waals surface area (Å²) < 4.78 is 5.13. The van der Waals surface area contributed by atoms with Crippen LogP contribution in [-0.4, -0.2) is 71.7 Å². The SMILES string of the molecule is O=C(O)COC1C(=O)N2N[C@H]1CCC2C(=O)NNC(=O)[C@@H]1CCCNC1. The molecule has 0 aliphatic carbocycles. The van der Waals surface area contributed by atoms with Gasteiger partial charge in [0.1, 0.15) is 12.6 Å². The molecule has 0 aromatic heterocycles. The normalized spacial score (nSPS) is 30.8. The van der Waals surface area contributed by atoms with E-state index in [4.69, 9.17) is 9.84 Å². The third-order valence-electron chi connectivity index (χ3n) is 4.88. The highest BCUT2D eigenvalue weighted by molar-refractivity contribution is 5.92. The number of ether oxygens (including phenoxy) is 1. The van der Waals surface area contributed by atoms with Gasteiger partial charge in [0.15, 0.2) is 6.10 Å². The molecule has 144 valence electrons. The van der Waals surface area contributed by atoms with E-state index >= 15 is 0 Å². The van der Waals surface area contributed by atoms with Gasteiger partial charge in [-0.25, -0.2) is 10.2 Å². The molecule has 3 aliphatic heterocycles. The quantitative estimate of drug-likeness (QED) is 0.333. The van der Waals surface area contributed by atoms with Gasteiger partial charge in [-0.1, -0.05) is 0 Å². The van der Waals surface area contributed by atoms with Crippen molar-refractivity contribution in [2.75, 3.05) is 19.7 Å². The number of aliphatic carboxylic acids is 1. The Morgan fingerprint density at radius 3 is 2.65 bits per heavy atom. The molecule has 3 fully saturated rings. The first-order valence-corrected chi connectivity index (χ1v) is 8.70. The summed E-state index contributed by atoms with van der Waals surface area (Å²) in [6, 6.07) is -1.14. The summed E-state index contributed by atoms with van der Waals surface area (Å²) in [5, 5.41) is 13.0. The van der Waals surface area contributed by atoms with Gasteiger partial charge in [-0.05, 0) is 32.2 Å². The molecular formula is C15H23N5O6. The maximum absolute atomic E-state index is 12.4. The summed E-state index contributed by atoms with van der Waals surface area (Å²) in [6.45, 7) is 0.875. The van der Waals surface area contributed by atoms with Crippen LogP contribution in [0.2, 0.25) is 0 Å². The van der Waals surface area contributed by atoms with Crippen LogP contribution in [0.15, 0.2) is 0 Å². The molecule has 11 heteroatoms. The van der Waals surface area contributed by atoms with Crippen LogP contribution in [-0.2, 0) is 23.9 Å². The number of carboxylic acids is 1. The lowest BCUT2D eigenvalue weighted by Crippen LogP contribution is -2.59. The highest BCUT2D eigenvalue weighted by Crippen LogP contribution is 2.26. The molecule has 3 amide bonds. The molecule has 0 aromatic rings. The first-order chi connectivity index (χ1) is 12.5. The second-order valence-electron chi connectivity index (χ2n) is 6.68. The Bertz CT molecular complexity index is 593. The molecule has 0 spiro atoms. The fourth-order valence-electron chi connectivity index (χ4n) is 3.53. The smallest absolute Gasteiger partial charge is 0.329 e. The van der Waals surface area contributed by atoms with E-state index in [-0.39, 0.29) is 17.9 Å². The number of hydrogen-bond acceptors (Lipinski definition) is 7. The summed E-state index contributed by atoms with van der Waals surface area (Å²) in [7, 11) is 0. The minimum Gasteiger partial charge on any atom is -0.480 e. The third kappa shape index (κ3) is 3.94. The first kappa shape index (κ1) is 18.5. The lowest BCUT2D eigenvalue weighted by Gasteiger charge is -2.31. The summed E-state index contributed by atoms with van der Waals surface area (Å²) >= 11 is 0. The van der Waals surface area contributed by atoms with E-state index in [1.165, 1.54) is 5.01 Å². The Hall–Kier alpha value is -2.24. The van der Waals surface area contributed by atoms with Crippen LogP contribution in [0.1, 0.15) is 25.7 Å². The van der Waals surface area contributed by atoms with Crippen LogP contribution in [0.5, 0.6) is 0 Å². The standard InChI is InChI=1S/C15H23N5O6/c21-11(22)7-26-12-9-3-4-10(20(19-9)15(12)25)14(24)18-17-13(23)8-2-1-5-16-6-8/h8-10,12,16,19H,1-7H2,(H,17,23)(H,18,24)(H,21,22)/t8-,9+,10?,12?/m1/s1. The molecule has 3 aliphatic rings. The lowest BCUT2D eigenvalue weighted by atomic mass is 9.99. The molecular weight excluding hydrogens is 346 g/mol. The van der Waals surface area contributed by atoms with Crippen molar-refractivity contribution in [1.82, 2.24) is 26.6 Å². The van der Waals surface area contributed by atoms with Crippen molar-refractivity contribution in [3.63, 3.8) is 0 Å². The van der Waals surface area contributed by atoms with Crippen LogP contribution in [0.4, 0.5) is 0 Å².